The predicted octanol–water partition coefficient (Wildman–Crippen LogP) is 3.61. The van der Waals surface area contributed by atoms with Crippen LogP contribution in [-0.2, 0) is 4.79 Å². The molecule has 0 bridgehead atoms. The number of hydrogen-bond donors (Lipinski definition) is 2. The van der Waals surface area contributed by atoms with Crippen LogP contribution < -0.4 is 5.32 Å². The maximum Gasteiger partial charge on any atom is 0.184 e. The van der Waals surface area contributed by atoms with E-state index in [0.717, 1.165) is 11.3 Å². The lowest BCUT2D eigenvalue weighted by molar-refractivity contribution is -0.110. The van der Waals surface area contributed by atoms with E-state index < -0.39 is 0 Å². The Hall–Kier alpha value is -2.29. The van der Waals surface area contributed by atoms with Crippen molar-refractivity contribution in [3.63, 3.8) is 0 Å². The summed E-state index contributed by atoms with van der Waals surface area (Å²) in [4.78, 5) is 11.7. The molecule has 1 rings (SSSR count). The Morgan fingerprint density at radius 2 is 1.85 bits per heavy atom. The smallest absolute Gasteiger partial charge is 0.184 e. The third kappa shape index (κ3) is 6.59. The van der Waals surface area contributed by atoms with Crippen LogP contribution in [-0.4, -0.2) is 16.9 Å². The van der Waals surface area contributed by atoms with Crippen molar-refractivity contribution in [3.05, 3.63) is 65.6 Å². The normalized spacial score (nSPS) is 13.0. The van der Waals surface area contributed by atoms with Gasteiger partial charge in [-0.25, -0.2) is 0 Å². The molecule has 0 saturated carbocycles. The van der Waals surface area contributed by atoms with Crippen LogP contribution in [0, 0.1) is 0 Å². The van der Waals surface area contributed by atoms with Gasteiger partial charge in [-0.3, -0.25) is 4.79 Å². The van der Waals surface area contributed by atoms with E-state index >= 15 is 0 Å². The number of allylic oxidation sites excluding steroid dienone is 4. The SMILES string of the molecule is C/C(=C/C(=O)/C=C(O)/C=C/c1ccccc1)NC(C)C. The molecule has 0 aliphatic rings. The molecule has 0 radical (unpaired) electrons. The lowest BCUT2D eigenvalue weighted by atomic mass is 10.2. The molecule has 3 nitrogen and oxygen atoms in total. The van der Waals surface area contributed by atoms with Crippen LogP contribution in [0.2, 0.25) is 0 Å². The van der Waals surface area contributed by atoms with Crippen molar-refractivity contribution in [2.45, 2.75) is 26.8 Å². The van der Waals surface area contributed by atoms with E-state index in [1.165, 1.54) is 18.2 Å². The van der Waals surface area contributed by atoms with Gasteiger partial charge in [-0.05, 0) is 32.4 Å². The molecular formula is C17H21NO2. The van der Waals surface area contributed by atoms with Crippen LogP contribution in [0.15, 0.2) is 60.0 Å². The molecular weight excluding hydrogens is 250 g/mol. The van der Waals surface area contributed by atoms with E-state index in [1.807, 2.05) is 51.1 Å². The molecule has 0 spiro atoms. The highest BCUT2D eigenvalue weighted by atomic mass is 16.3. The fraction of sp³-hybridized carbons (Fsp3) is 0.235. The van der Waals surface area contributed by atoms with Crippen molar-refractivity contribution in [3.8, 4) is 0 Å². The molecule has 2 N–H and O–H groups in total. The van der Waals surface area contributed by atoms with Crippen LogP contribution in [0.4, 0.5) is 0 Å². The first kappa shape index (κ1) is 15.8. The van der Waals surface area contributed by atoms with Crippen LogP contribution >= 0.6 is 0 Å². The van der Waals surface area contributed by atoms with E-state index in [1.54, 1.807) is 6.08 Å². The Morgan fingerprint density at radius 1 is 1.20 bits per heavy atom. The number of aliphatic hydroxyl groups excluding tert-OH is 1. The average Bonchev–Trinajstić information content (AvgIpc) is 2.36. The van der Waals surface area contributed by atoms with E-state index in [4.69, 9.17) is 0 Å². The van der Waals surface area contributed by atoms with Crippen LogP contribution in [0.25, 0.3) is 6.08 Å². The van der Waals surface area contributed by atoms with E-state index in [0.29, 0.717) is 0 Å². The Balaban J connectivity index is 2.65. The zero-order chi connectivity index (χ0) is 15.0. The van der Waals surface area contributed by atoms with Gasteiger partial charge in [0.2, 0.25) is 0 Å². The summed E-state index contributed by atoms with van der Waals surface area (Å²) in [5.41, 5.74) is 1.74. The molecule has 0 atom stereocenters. The number of nitrogens with one attached hydrogen (secondary N) is 1. The number of carbonyl (C=O) groups excluding carboxylic acids is 1. The average molecular weight is 271 g/mol. The summed E-state index contributed by atoms with van der Waals surface area (Å²) in [5, 5.41) is 12.8. The molecule has 0 aliphatic heterocycles. The number of ketones is 1. The standard InChI is InChI=1S/C17H21NO2/c1-13(2)18-14(3)11-17(20)12-16(19)10-9-15-7-5-4-6-8-15/h4-13,18-19H,1-3H3/b10-9+,14-11-,16-12-. The van der Waals surface area contributed by atoms with E-state index in [2.05, 4.69) is 5.32 Å². The van der Waals surface area contributed by atoms with Crippen molar-refractivity contribution in [2.75, 3.05) is 0 Å². The highest BCUT2D eigenvalue weighted by Crippen LogP contribution is 2.04. The molecule has 1 aromatic carbocycles. The highest BCUT2D eigenvalue weighted by molar-refractivity contribution is 6.00. The van der Waals surface area contributed by atoms with Gasteiger partial charge in [0, 0.05) is 23.9 Å². The fourth-order valence-corrected chi connectivity index (χ4v) is 1.69. The second-order valence-electron chi connectivity index (χ2n) is 4.84. The van der Waals surface area contributed by atoms with E-state index in [-0.39, 0.29) is 17.6 Å². The lowest BCUT2D eigenvalue weighted by Crippen LogP contribution is -2.20. The molecule has 0 amide bonds. The van der Waals surface area contributed by atoms with Crippen LogP contribution in [0.3, 0.4) is 0 Å². The van der Waals surface area contributed by atoms with Crippen molar-refractivity contribution in [1.29, 1.82) is 0 Å². The summed E-state index contributed by atoms with van der Waals surface area (Å²) in [6, 6.07) is 9.86. The van der Waals surface area contributed by atoms with Gasteiger partial charge in [0.1, 0.15) is 5.76 Å². The Bertz CT molecular complexity index is 525. The number of hydrogen-bond acceptors (Lipinski definition) is 3. The zero-order valence-corrected chi connectivity index (χ0v) is 12.1. The largest absolute Gasteiger partial charge is 0.508 e. The predicted molar refractivity (Wildman–Crippen MR) is 83.2 cm³/mol. The van der Waals surface area contributed by atoms with Gasteiger partial charge in [0.05, 0.1) is 0 Å². The van der Waals surface area contributed by atoms with Crippen molar-refractivity contribution in [1.82, 2.24) is 5.32 Å². The topological polar surface area (TPSA) is 49.3 Å². The minimum Gasteiger partial charge on any atom is -0.508 e. The lowest BCUT2D eigenvalue weighted by Gasteiger charge is -2.08. The Kier molecular flexibility index (Phi) is 6.30. The second kappa shape index (κ2) is 8.00. The highest BCUT2D eigenvalue weighted by Gasteiger charge is 1.98. The zero-order valence-electron chi connectivity index (χ0n) is 12.1. The molecule has 0 saturated heterocycles. The quantitative estimate of drug-likeness (QED) is 0.472. The van der Waals surface area contributed by atoms with E-state index in [9.17, 15) is 9.90 Å². The number of rotatable bonds is 6. The molecule has 0 aromatic heterocycles. The molecule has 20 heavy (non-hydrogen) atoms. The van der Waals surface area contributed by atoms with Crippen molar-refractivity contribution < 1.29 is 9.90 Å². The van der Waals surface area contributed by atoms with Gasteiger partial charge in [-0.2, -0.15) is 0 Å². The second-order valence-corrected chi connectivity index (χ2v) is 4.84. The van der Waals surface area contributed by atoms with Gasteiger partial charge < -0.3 is 10.4 Å². The van der Waals surface area contributed by atoms with Gasteiger partial charge in [0.25, 0.3) is 0 Å². The number of carbonyl (C=O) groups is 1. The first-order chi connectivity index (χ1) is 9.47. The molecule has 0 unspecified atom stereocenters. The molecule has 0 aliphatic carbocycles. The van der Waals surface area contributed by atoms with Gasteiger partial charge >= 0.3 is 0 Å². The Morgan fingerprint density at radius 3 is 2.45 bits per heavy atom. The third-order valence-corrected chi connectivity index (χ3v) is 2.41. The van der Waals surface area contributed by atoms with Gasteiger partial charge in [-0.15, -0.1) is 0 Å². The first-order valence-electron chi connectivity index (χ1n) is 6.60. The first-order valence-corrected chi connectivity index (χ1v) is 6.60. The monoisotopic (exact) mass is 271 g/mol. The van der Waals surface area contributed by atoms with Gasteiger partial charge in [-0.1, -0.05) is 36.4 Å². The summed E-state index contributed by atoms with van der Waals surface area (Å²) in [6.45, 7) is 5.82. The number of benzene rings is 1. The maximum atomic E-state index is 11.7. The van der Waals surface area contributed by atoms with Crippen molar-refractivity contribution >= 4 is 11.9 Å². The fourth-order valence-electron chi connectivity index (χ4n) is 1.69. The van der Waals surface area contributed by atoms with Crippen LogP contribution in [0.5, 0.6) is 0 Å². The van der Waals surface area contributed by atoms with Crippen LogP contribution in [0.1, 0.15) is 26.3 Å². The summed E-state index contributed by atoms with van der Waals surface area (Å²) in [6.07, 6.45) is 5.92. The molecule has 0 heterocycles. The van der Waals surface area contributed by atoms with Crippen molar-refractivity contribution in [2.24, 2.45) is 0 Å². The maximum absolute atomic E-state index is 11.7. The molecule has 1 aromatic rings. The molecule has 3 heteroatoms. The molecule has 0 fully saturated rings. The Labute approximate surface area is 120 Å². The summed E-state index contributed by atoms with van der Waals surface area (Å²) in [5.74, 6) is -0.307. The minimum absolute atomic E-state index is 0.0625. The van der Waals surface area contributed by atoms with Gasteiger partial charge in [0.15, 0.2) is 5.78 Å². The summed E-state index contributed by atoms with van der Waals surface area (Å²) < 4.78 is 0. The third-order valence-electron chi connectivity index (χ3n) is 2.41. The molecule has 106 valence electrons. The number of aliphatic hydroxyl groups is 1. The minimum atomic E-state index is -0.245. The summed E-state index contributed by atoms with van der Waals surface area (Å²) >= 11 is 0. The summed E-state index contributed by atoms with van der Waals surface area (Å²) in [7, 11) is 0.